The molecule has 1 rings (SSSR count). The van der Waals surface area contributed by atoms with E-state index in [1.54, 1.807) is 12.1 Å². The van der Waals surface area contributed by atoms with E-state index in [4.69, 9.17) is 5.11 Å². The van der Waals surface area contributed by atoms with Crippen molar-refractivity contribution < 1.29 is 24.6 Å². The topological polar surface area (TPSA) is 104 Å². The molecule has 1 aromatic carbocycles. The largest absolute Gasteiger partial charge is 0.481 e. The molecule has 6 heteroatoms. The Kier molecular flexibility index (Phi) is 5.90. The van der Waals surface area contributed by atoms with Gasteiger partial charge in [-0.1, -0.05) is 36.8 Å². The number of hydrogen-bond donors (Lipinski definition) is 3. The zero-order valence-electron chi connectivity index (χ0n) is 12.0. The summed E-state index contributed by atoms with van der Waals surface area (Å²) in [4.78, 5) is 33.6. The molecule has 114 valence electrons. The van der Waals surface area contributed by atoms with Crippen molar-refractivity contribution in [1.29, 1.82) is 0 Å². The van der Waals surface area contributed by atoms with E-state index in [9.17, 15) is 19.5 Å². The number of carboxylic acid groups (broad SMARTS) is 2. The highest BCUT2D eigenvalue weighted by Crippen LogP contribution is 2.08. The quantitative estimate of drug-likeness (QED) is 0.701. The molecule has 1 unspecified atom stereocenters. The fraction of sp³-hybridized carbons (Fsp3) is 0.400. The average Bonchev–Trinajstić information content (AvgIpc) is 2.39. The zero-order chi connectivity index (χ0) is 16.0. The number of carbonyl (C=O) groups is 3. The van der Waals surface area contributed by atoms with Crippen LogP contribution in [0.3, 0.4) is 0 Å². The summed E-state index contributed by atoms with van der Waals surface area (Å²) in [7, 11) is 0. The zero-order valence-corrected chi connectivity index (χ0v) is 12.0. The van der Waals surface area contributed by atoms with E-state index < -0.39 is 29.8 Å². The van der Waals surface area contributed by atoms with Gasteiger partial charge in [-0.2, -0.15) is 0 Å². The van der Waals surface area contributed by atoms with Crippen LogP contribution in [-0.4, -0.2) is 34.1 Å². The summed E-state index contributed by atoms with van der Waals surface area (Å²) in [5.74, 6) is -3.59. The van der Waals surface area contributed by atoms with Crippen molar-refractivity contribution in [2.75, 3.05) is 0 Å². The second kappa shape index (κ2) is 7.42. The van der Waals surface area contributed by atoms with E-state index in [0.29, 0.717) is 0 Å². The first-order valence-electron chi connectivity index (χ1n) is 6.60. The van der Waals surface area contributed by atoms with Crippen LogP contribution in [0.5, 0.6) is 0 Å². The van der Waals surface area contributed by atoms with Gasteiger partial charge < -0.3 is 15.5 Å². The minimum Gasteiger partial charge on any atom is -0.481 e. The second-order valence-corrected chi connectivity index (χ2v) is 5.09. The molecule has 0 radical (unpaired) electrons. The molecule has 0 heterocycles. The van der Waals surface area contributed by atoms with Crippen molar-refractivity contribution in [3.8, 4) is 0 Å². The summed E-state index contributed by atoms with van der Waals surface area (Å²) in [5.41, 5.74) is 1.85. The fourth-order valence-corrected chi connectivity index (χ4v) is 1.83. The van der Waals surface area contributed by atoms with Crippen molar-refractivity contribution >= 4 is 17.8 Å². The van der Waals surface area contributed by atoms with Crippen molar-refractivity contribution in [2.45, 2.75) is 32.7 Å². The van der Waals surface area contributed by atoms with Gasteiger partial charge in [0.1, 0.15) is 6.04 Å². The summed E-state index contributed by atoms with van der Waals surface area (Å²) < 4.78 is 0. The van der Waals surface area contributed by atoms with E-state index in [2.05, 4.69) is 5.32 Å². The molecule has 0 bridgehead atoms. The van der Waals surface area contributed by atoms with Crippen molar-refractivity contribution in [3.63, 3.8) is 0 Å². The molecule has 0 aromatic heterocycles. The maximum atomic E-state index is 11.8. The van der Waals surface area contributed by atoms with Crippen LogP contribution < -0.4 is 5.32 Å². The Bertz CT molecular complexity index is 523. The predicted octanol–water partition coefficient (Wildman–Crippen LogP) is 1.22. The molecule has 6 nitrogen and oxygen atoms in total. The maximum absolute atomic E-state index is 11.8. The Morgan fingerprint density at radius 1 is 1.14 bits per heavy atom. The molecule has 3 N–H and O–H groups in total. The summed E-state index contributed by atoms with van der Waals surface area (Å²) in [6, 6.07) is 6.26. The Hall–Kier alpha value is -2.37. The fourth-order valence-electron chi connectivity index (χ4n) is 1.83. The minimum atomic E-state index is -1.15. The van der Waals surface area contributed by atoms with Gasteiger partial charge in [0.05, 0.1) is 6.42 Å². The first-order chi connectivity index (χ1) is 9.79. The third-order valence-corrected chi connectivity index (χ3v) is 3.10. The van der Waals surface area contributed by atoms with Crippen molar-refractivity contribution in [2.24, 2.45) is 5.92 Å². The molecule has 0 saturated heterocycles. The van der Waals surface area contributed by atoms with E-state index in [-0.39, 0.29) is 12.8 Å². The van der Waals surface area contributed by atoms with Gasteiger partial charge >= 0.3 is 11.9 Å². The van der Waals surface area contributed by atoms with Gasteiger partial charge in [0.25, 0.3) is 0 Å². The standard InChI is InChI=1S/C15H19NO5/c1-9-3-5-11(6-4-9)8-12(15(20)21)16-14(19)10(2)7-13(17)18/h3-6,10,12H,7-8H2,1-2H3,(H,16,19)(H,17,18)(H,20,21)/t10?,12-/m0/s1. The third-order valence-electron chi connectivity index (χ3n) is 3.10. The van der Waals surface area contributed by atoms with Gasteiger partial charge in [0.15, 0.2) is 0 Å². The number of aliphatic carboxylic acids is 2. The smallest absolute Gasteiger partial charge is 0.326 e. The van der Waals surface area contributed by atoms with Gasteiger partial charge in [0, 0.05) is 12.3 Å². The van der Waals surface area contributed by atoms with Crippen LogP contribution in [0, 0.1) is 12.8 Å². The summed E-state index contributed by atoms with van der Waals surface area (Å²) in [5, 5.41) is 20.2. The highest BCUT2D eigenvalue weighted by Gasteiger charge is 2.24. The van der Waals surface area contributed by atoms with Crippen LogP contribution in [-0.2, 0) is 20.8 Å². The van der Waals surface area contributed by atoms with Crippen molar-refractivity contribution in [3.05, 3.63) is 35.4 Å². The average molecular weight is 293 g/mol. The Morgan fingerprint density at radius 2 is 1.71 bits per heavy atom. The summed E-state index contributed by atoms with van der Waals surface area (Å²) >= 11 is 0. The van der Waals surface area contributed by atoms with E-state index in [0.717, 1.165) is 11.1 Å². The first-order valence-corrected chi connectivity index (χ1v) is 6.60. The number of nitrogens with one attached hydrogen (secondary N) is 1. The minimum absolute atomic E-state index is 0.154. The van der Waals surface area contributed by atoms with Crippen LogP contribution in [0.1, 0.15) is 24.5 Å². The molecular weight excluding hydrogens is 274 g/mol. The molecule has 0 aliphatic rings. The number of aryl methyl sites for hydroxylation is 1. The second-order valence-electron chi connectivity index (χ2n) is 5.09. The van der Waals surface area contributed by atoms with Gasteiger partial charge in [-0.3, -0.25) is 9.59 Å². The van der Waals surface area contributed by atoms with Gasteiger partial charge in [-0.05, 0) is 12.5 Å². The lowest BCUT2D eigenvalue weighted by atomic mass is 10.0. The molecule has 1 amide bonds. The molecule has 0 aliphatic carbocycles. The lowest BCUT2D eigenvalue weighted by Gasteiger charge is -2.17. The van der Waals surface area contributed by atoms with Crippen LogP contribution >= 0.6 is 0 Å². The van der Waals surface area contributed by atoms with Gasteiger partial charge in [0.2, 0.25) is 5.91 Å². The Labute approximate surface area is 122 Å². The van der Waals surface area contributed by atoms with Crippen molar-refractivity contribution in [1.82, 2.24) is 5.32 Å². The summed E-state index contributed by atoms with van der Waals surface area (Å²) in [6.45, 7) is 3.38. The third kappa shape index (κ3) is 5.64. The van der Waals surface area contributed by atoms with Gasteiger partial charge in [-0.15, -0.1) is 0 Å². The Balaban J connectivity index is 2.69. The normalized spacial score (nSPS) is 13.2. The number of amides is 1. The molecule has 0 fully saturated rings. The molecule has 0 saturated carbocycles. The van der Waals surface area contributed by atoms with E-state index in [1.165, 1.54) is 6.92 Å². The maximum Gasteiger partial charge on any atom is 0.326 e. The lowest BCUT2D eigenvalue weighted by Crippen LogP contribution is -2.44. The monoisotopic (exact) mass is 293 g/mol. The molecular formula is C15H19NO5. The Morgan fingerprint density at radius 3 is 2.19 bits per heavy atom. The first kappa shape index (κ1) is 16.7. The van der Waals surface area contributed by atoms with E-state index in [1.807, 2.05) is 19.1 Å². The highest BCUT2D eigenvalue weighted by molar-refractivity contribution is 5.87. The SMILES string of the molecule is Cc1ccc(C[C@H](NC(=O)C(C)CC(=O)O)C(=O)O)cc1. The van der Waals surface area contributed by atoms with Crippen LogP contribution in [0.4, 0.5) is 0 Å². The molecule has 0 spiro atoms. The van der Waals surface area contributed by atoms with Crippen LogP contribution in [0.2, 0.25) is 0 Å². The van der Waals surface area contributed by atoms with Crippen LogP contribution in [0.15, 0.2) is 24.3 Å². The lowest BCUT2D eigenvalue weighted by molar-refractivity contribution is -0.143. The number of benzene rings is 1. The number of carboxylic acids is 2. The molecule has 21 heavy (non-hydrogen) atoms. The number of hydrogen-bond acceptors (Lipinski definition) is 3. The summed E-state index contributed by atoms with van der Waals surface area (Å²) in [6.07, 6.45) is -0.177. The molecule has 1 aromatic rings. The molecule has 0 aliphatic heterocycles. The number of rotatable bonds is 7. The van der Waals surface area contributed by atoms with Gasteiger partial charge in [-0.25, -0.2) is 4.79 Å². The predicted molar refractivity (Wildman–Crippen MR) is 75.9 cm³/mol. The molecule has 2 atom stereocenters. The number of carbonyl (C=O) groups excluding carboxylic acids is 1. The van der Waals surface area contributed by atoms with Crippen LogP contribution in [0.25, 0.3) is 0 Å². The van der Waals surface area contributed by atoms with E-state index >= 15 is 0 Å². The highest BCUT2D eigenvalue weighted by atomic mass is 16.4.